The van der Waals surface area contributed by atoms with Gasteiger partial charge in [-0.1, -0.05) is 64.8 Å². The summed E-state index contributed by atoms with van der Waals surface area (Å²) in [5.74, 6) is 0. The molecular formula is C12H22OS. The molecule has 0 aliphatic carbocycles. The highest BCUT2D eigenvalue weighted by molar-refractivity contribution is 8.17. The molecule has 0 bridgehead atoms. The summed E-state index contributed by atoms with van der Waals surface area (Å²) in [6.07, 6.45) is 5.01. The van der Waals surface area contributed by atoms with E-state index in [-0.39, 0.29) is 5.12 Å². The minimum absolute atomic E-state index is 0.0630. The molecule has 0 aliphatic rings. The lowest BCUT2D eigenvalue weighted by Crippen LogP contribution is -1.79. The zero-order chi connectivity index (χ0) is 12.0. The van der Waals surface area contributed by atoms with Gasteiger partial charge in [-0.3, -0.25) is 4.79 Å². The Morgan fingerprint density at radius 2 is 1.57 bits per heavy atom. The second-order valence-electron chi connectivity index (χ2n) is 1.60. The van der Waals surface area contributed by atoms with E-state index in [9.17, 15) is 4.79 Å². The maximum absolute atomic E-state index is 10.5. The first-order valence-corrected chi connectivity index (χ1v) is 5.66. The Balaban J connectivity index is -0.000000266. The van der Waals surface area contributed by atoms with Crippen LogP contribution in [0.3, 0.4) is 0 Å². The molecule has 0 aromatic rings. The van der Waals surface area contributed by atoms with Crippen molar-refractivity contribution in [1.82, 2.24) is 0 Å². The van der Waals surface area contributed by atoms with Gasteiger partial charge in [-0.05, 0) is 6.08 Å². The van der Waals surface area contributed by atoms with E-state index in [0.717, 1.165) is 16.7 Å². The Bertz CT molecular complexity index is 181. The van der Waals surface area contributed by atoms with E-state index in [0.29, 0.717) is 0 Å². The van der Waals surface area contributed by atoms with Crippen molar-refractivity contribution in [2.45, 2.75) is 34.6 Å². The molecule has 0 radical (unpaired) electrons. The molecule has 0 atom stereocenters. The van der Waals surface area contributed by atoms with Gasteiger partial charge in [0, 0.05) is 11.8 Å². The fourth-order valence-corrected chi connectivity index (χ4v) is 1.01. The lowest BCUT2D eigenvalue weighted by Gasteiger charge is -1.92. The van der Waals surface area contributed by atoms with E-state index in [1.807, 2.05) is 27.7 Å². The minimum Gasteiger partial charge on any atom is -0.287 e. The zero-order valence-electron chi connectivity index (χ0n) is 9.96. The number of carbonyl (C=O) groups excluding carboxylic acids is 1. The molecule has 2 heteroatoms. The largest absolute Gasteiger partial charge is 0.287 e. The molecule has 82 valence electrons. The zero-order valence-corrected chi connectivity index (χ0v) is 10.8. The maximum atomic E-state index is 10.5. The van der Waals surface area contributed by atoms with Crippen LogP contribution in [0, 0.1) is 0 Å². The summed E-state index contributed by atoms with van der Waals surface area (Å²) in [4.78, 5) is 11.4. The summed E-state index contributed by atoms with van der Waals surface area (Å²) in [5.41, 5.74) is 0. The molecule has 0 aliphatic heterocycles. The van der Waals surface area contributed by atoms with Gasteiger partial charge in [0.05, 0.1) is 0 Å². The number of rotatable bonds is 3. The van der Waals surface area contributed by atoms with Gasteiger partial charge < -0.3 is 0 Å². The first kappa shape index (κ1) is 18.9. The summed E-state index contributed by atoms with van der Waals surface area (Å²) in [5, 5.41) is 0.0630. The van der Waals surface area contributed by atoms with Crippen molar-refractivity contribution < 1.29 is 4.79 Å². The first-order chi connectivity index (χ1) is 6.70. The van der Waals surface area contributed by atoms with Gasteiger partial charge >= 0.3 is 0 Å². The van der Waals surface area contributed by atoms with Crippen molar-refractivity contribution in [3.05, 3.63) is 36.3 Å². The van der Waals surface area contributed by atoms with Gasteiger partial charge in [0.15, 0.2) is 5.12 Å². The van der Waals surface area contributed by atoms with Crippen LogP contribution in [-0.2, 0) is 4.79 Å². The molecule has 1 nitrogen and oxygen atoms in total. The van der Waals surface area contributed by atoms with Crippen molar-refractivity contribution in [1.29, 1.82) is 0 Å². The minimum atomic E-state index is 0.0630. The van der Waals surface area contributed by atoms with E-state index in [4.69, 9.17) is 0 Å². The van der Waals surface area contributed by atoms with Crippen LogP contribution in [0.1, 0.15) is 34.6 Å². The summed E-state index contributed by atoms with van der Waals surface area (Å²) in [6.45, 7) is 16.6. The predicted octanol–water partition coefficient (Wildman–Crippen LogP) is 4.57. The lowest BCUT2D eigenvalue weighted by atomic mass is 10.5. The van der Waals surface area contributed by atoms with Gasteiger partial charge in [-0.15, -0.1) is 0 Å². The molecule has 0 heterocycles. The van der Waals surface area contributed by atoms with Crippen LogP contribution in [0.2, 0.25) is 0 Å². The molecule has 0 N–H and O–H groups in total. The number of hydrogen-bond acceptors (Lipinski definition) is 2. The summed E-state index contributed by atoms with van der Waals surface area (Å²) in [6, 6.07) is 0. The monoisotopic (exact) mass is 214 g/mol. The highest BCUT2D eigenvalue weighted by Crippen LogP contribution is 2.16. The van der Waals surface area contributed by atoms with E-state index < -0.39 is 0 Å². The van der Waals surface area contributed by atoms with E-state index in [1.54, 1.807) is 18.2 Å². The summed E-state index contributed by atoms with van der Waals surface area (Å²) >= 11 is 1.16. The molecule has 0 spiro atoms. The molecule has 0 aromatic carbocycles. The second kappa shape index (κ2) is 18.1. The number of allylic oxidation sites excluding steroid dienone is 3. The first-order valence-electron chi connectivity index (χ1n) is 4.84. The van der Waals surface area contributed by atoms with Crippen molar-refractivity contribution >= 4 is 16.9 Å². The smallest absolute Gasteiger partial charge is 0.190 e. The van der Waals surface area contributed by atoms with E-state index >= 15 is 0 Å². The van der Waals surface area contributed by atoms with Crippen LogP contribution in [-0.4, -0.2) is 5.12 Å². The Labute approximate surface area is 93.0 Å². The fraction of sp³-hybridized carbons (Fsp3) is 0.417. The van der Waals surface area contributed by atoms with E-state index in [1.165, 1.54) is 6.92 Å². The third-order valence-electron chi connectivity index (χ3n) is 0.745. The van der Waals surface area contributed by atoms with Crippen molar-refractivity contribution in [2.24, 2.45) is 0 Å². The van der Waals surface area contributed by atoms with Gasteiger partial charge in [-0.2, -0.15) is 0 Å². The molecule has 0 amide bonds. The summed E-state index contributed by atoms with van der Waals surface area (Å²) in [7, 11) is 0. The fourth-order valence-electron chi connectivity index (χ4n) is 0.426. The third-order valence-corrected chi connectivity index (χ3v) is 1.57. The predicted molar refractivity (Wildman–Crippen MR) is 69.4 cm³/mol. The van der Waals surface area contributed by atoms with E-state index in [2.05, 4.69) is 13.2 Å². The quantitative estimate of drug-likeness (QED) is 0.640. The average molecular weight is 214 g/mol. The van der Waals surface area contributed by atoms with Crippen LogP contribution in [0.4, 0.5) is 0 Å². The molecule has 0 saturated carbocycles. The number of carbonyl (C=O) groups is 1. The van der Waals surface area contributed by atoms with Crippen molar-refractivity contribution in [3.8, 4) is 0 Å². The summed E-state index contributed by atoms with van der Waals surface area (Å²) < 4.78 is 0. The highest BCUT2D eigenvalue weighted by atomic mass is 32.2. The van der Waals surface area contributed by atoms with Gasteiger partial charge in [0.2, 0.25) is 0 Å². The average Bonchev–Trinajstić information content (AvgIpc) is 2.22. The Kier molecular flexibility index (Phi) is 24.5. The van der Waals surface area contributed by atoms with Crippen molar-refractivity contribution in [3.63, 3.8) is 0 Å². The molecule has 0 unspecified atom stereocenters. The Hall–Kier alpha value is -0.760. The molecular weight excluding hydrogens is 192 g/mol. The second-order valence-corrected chi connectivity index (χ2v) is 2.85. The van der Waals surface area contributed by atoms with Crippen LogP contribution >= 0.6 is 11.8 Å². The van der Waals surface area contributed by atoms with Gasteiger partial charge in [0.1, 0.15) is 0 Å². The normalized spacial score (nSPS) is 8.50. The molecule has 0 aromatic heterocycles. The Morgan fingerprint density at radius 3 is 1.79 bits per heavy atom. The SMILES string of the molecule is C=C/C=C(\C=C)SC(C)=O.CC.CC. The highest BCUT2D eigenvalue weighted by Gasteiger charge is 1.94. The molecule has 0 fully saturated rings. The molecule has 0 rings (SSSR count). The van der Waals surface area contributed by atoms with Crippen LogP contribution < -0.4 is 0 Å². The lowest BCUT2D eigenvalue weighted by molar-refractivity contribution is -0.109. The van der Waals surface area contributed by atoms with Crippen LogP contribution in [0.5, 0.6) is 0 Å². The van der Waals surface area contributed by atoms with Gasteiger partial charge in [-0.25, -0.2) is 0 Å². The standard InChI is InChI=1S/C8H10OS.2C2H6/c1-4-6-8(5-2)10-7(3)9;2*1-2/h4-6H,1-2H2,3H3;2*1-2H3/b8-6+;;. The topological polar surface area (TPSA) is 17.1 Å². The maximum Gasteiger partial charge on any atom is 0.190 e. The molecule has 14 heavy (non-hydrogen) atoms. The Morgan fingerprint density at radius 1 is 1.14 bits per heavy atom. The van der Waals surface area contributed by atoms with Crippen molar-refractivity contribution in [2.75, 3.05) is 0 Å². The van der Waals surface area contributed by atoms with Crippen LogP contribution in [0.25, 0.3) is 0 Å². The number of thioether (sulfide) groups is 1. The number of hydrogen-bond donors (Lipinski definition) is 0. The molecule has 0 saturated heterocycles. The van der Waals surface area contributed by atoms with Crippen LogP contribution in [0.15, 0.2) is 36.3 Å². The van der Waals surface area contributed by atoms with Gasteiger partial charge in [0.25, 0.3) is 0 Å². The third kappa shape index (κ3) is 17.4.